The van der Waals surface area contributed by atoms with Crippen LogP contribution in [-0.4, -0.2) is 92.1 Å². The van der Waals surface area contributed by atoms with Crippen LogP contribution in [0.5, 0.6) is 0 Å². The first kappa shape index (κ1) is 59.1. The van der Waals surface area contributed by atoms with Crippen LogP contribution in [0, 0.1) is 115 Å². The molecule has 14 aliphatic carbocycles. The number of aliphatic hydroxyl groups excluding tert-OH is 2. The molecule has 10 nitrogen and oxygen atoms in total. The van der Waals surface area contributed by atoms with E-state index in [0.29, 0.717) is 74.5 Å². The highest BCUT2D eigenvalue weighted by Gasteiger charge is 2.93. The van der Waals surface area contributed by atoms with Gasteiger partial charge < -0.3 is 45.1 Å². The smallest absolute Gasteiger partial charge is 0.331 e. The number of likely N-dealkylation sites (N-methyl/N-ethyl adjacent to an activating group) is 1. The summed E-state index contributed by atoms with van der Waals surface area (Å²) in [6.07, 6.45) is 24.8. The van der Waals surface area contributed by atoms with Gasteiger partial charge in [-0.15, -0.1) is 0 Å². The molecule has 6 N–H and O–H groups in total. The number of fused-ring (bicyclic) bond motifs is 5. The second-order valence-electron chi connectivity index (χ2n) is 35.5. The van der Waals surface area contributed by atoms with Crippen molar-refractivity contribution in [3.05, 3.63) is 118 Å². The molecule has 10 heteroatoms. The third-order valence-corrected chi connectivity index (χ3v) is 33.7. The summed E-state index contributed by atoms with van der Waals surface area (Å²) in [6.45, 7) is 2.08. The molecule has 488 valence electrons. The maximum Gasteiger partial charge on any atom is 0.331 e. The van der Waals surface area contributed by atoms with E-state index in [2.05, 4.69) is 84.7 Å². The van der Waals surface area contributed by atoms with E-state index < -0.39 is 78.8 Å². The number of ether oxygens (including phenoxy) is 2. The van der Waals surface area contributed by atoms with Gasteiger partial charge in [0, 0.05) is 63.0 Å². The number of aliphatic hydroxyl groups is 5. The molecule has 21 rings (SSSR count). The summed E-state index contributed by atoms with van der Waals surface area (Å²) in [5, 5.41) is 75.7. The van der Waals surface area contributed by atoms with Crippen molar-refractivity contribution in [2.24, 2.45) is 103 Å². The summed E-state index contributed by atoms with van der Waals surface area (Å²) in [7, 11) is 1.97. The first-order valence-corrected chi connectivity index (χ1v) is 37.4. The van der Waals surface area contributed by atoms with Gasteiger partial charge in [-0.1, -0.05) is 98.3 Å². The molecule has 3 aromatic carbocycles. The Balaban J connectivity index is 0.846. The SMILES string of the molecule is CN[C@H]1Cc2c(cccc2CO)C#CC2(CCCC2)C[C@]23CC[C@H]4[C@@](O)(C[C@H]5C[C@H]6CC[C@]78CC[C@]9(Cc%10cccc(c%10)C[C@H]%10CC[C@@H](C%10)[C@H]6C)O[C@H]7[C@]6(C[C@@]4(C=O)[C@]58O)[C@H]4C[C@@H]5C[C@H](c7ccccc7)CC[C@]56CC[C@H]49)[C@@]2(O)C[C@@H]2C[C@H]1[C@@H]1OC(=O)C=C1[C@@]23CO. The van der Waals surface area contributed by atoms with Gasteiger partial charge in [0.25, 0.3) is 0 Å². The summed E-state index contributed by atoms with van der Waals surface area (Å²) < 4.78 is 15.3. The molecular formula is C82H101NO9. The van der Waals surface area contributed by atoms with E-state index >= 15 is 20.1 Å². The Labute approximate surface area is 545 Å². The van der Waals surface area contributed by atoms with Crippen LogP contribution in [0.25, 0.3) is 0 Å². The highest BCUT2D eigenvalue weighted by Crippen LogP contribution is 2.90. The lowest BCUT2D eigenvalue weighted by atomic mass is 9.25. The Hall–Kier alpha value is -4.18. The molecule has 0 aromatic heterocycles. The quantitative estimate of drug-likeness (QED) is 0.0823. The summed E-state index contributed by atoms with van der Waals surface area (Å²) >= 11 is 0. The second kappa shape index (κ2) is 19.8. The van der Waals surface area contributed by atoms with Gasteiger partial charge in [0.1, 0.15) is 18.0 Å². The Morgan fingerprint density at radius 1 is 0.728 bits per heavy atom. The zero-order valence-corrected chi connectivity index (χ0v) is 54.8. The highest BCUT2D eigenvalue weighted by molar-refractivity contribution is 5.87. The highest BCUT2D eigenvalue weighted by atomic mass is 16.5. The third-order valence-electron chi connectivity index (χ3n) is 33.7. The van der Waals surface area contributed by atoms with Crippen molar-refractivity contribution < 1.29 is 44.6 Å². The van der Waals surface area contributed by atoms with Crippen LogP contribution in [0.1, 0.15) is 207 Å². The first-order valence-electron chi connectivity index (χ1n) is 37.4. The van der Waals surface area contributed by atoms with Gasteiger partial charge in [-0.25, -0.2) is 4.79 Å². The molecule has 4 aliphatic heterocycles. The Morgan fingerprint density at radius 3 is 2.35 bits per heavy atom. The van der Waals surface area contributed by atoms with Crippen molar-refractivity contribution in [2.45, 2.75) is 240 Å². The van der Waals surface area contributed by atoms with Crippen LogP contribution < -0.4 is 5.32 Å². The molecule has 6 spiro atoms. The van der Waals surface area contributed by atoms with E-state index in [1.54, 1.807) is 6.08 Å². The van der Waals surface area contributed by atoms with E-state index in [4.69, 9.17) is 9.47 Å². The summed E-state index contributed by atoms with van der Waals surface area (Å²) in [4.78, 5) is 31.1. The maximum absolute atomic E-state index is 16.6. The van der Waals surface area contributed by atoms with E-state index in [1.807, 2.05) is 19.2 Å². The van der Waals surface area contributed by atoms with Crippen LogP contribution in [0.4, 0.5) is 0 Å². The molecule has 25 atom stereocenters. The van der Waals surface area contributed by atoms with Crippen LogP contribution in [0.2, 0.25) is 0 Å². The van der Waals surface area contributed by atoms with Gasteiger partial charge in [-0.2, -0.15) is 0 Å². The van der Waals surface area contributed by atoms with Crippen LogP contribution in [0.15, 0.2) is 84.4 Å². The average Bonchev–Trinajstić information content (AvgIpc) is 1.22. The number of carbonyl (C=O) groups is 2. The number of hydrogen-bond acceptors (Lipinski definition) is 10. The molecule has 92 heavy (non-hydrogen) atoms. The Morgan fingerprint density at radius 2 is 1.53 bits per heavy atom. The lowest BCUT2D eigenvalue weighted by molar-refractivity contribution is -0.437. The first-order chi connectivity index (χ1) is 44.5. The summed E-state index contributed by atoms with van der Waals surface area (Å²) in [6, 6.07) is 26.8. The van der Waals surface area contributed by atoms with Crippen molar-refractivity contribution >= 4 is 12.3 Å². The fourth-order valence-corrected chi connectivity index (χ4v) is 30.6. The number of benzene rings is 3. The normalized spacial score (nSPS) is 51.4. The number of esters is 1. The zero-order valence-electron chi connectivity index (χ0n) is 54.8. The Kier molecular flexibility index (Phi) is 12.7. The van der Waals surface area contributed by atoms with Crippen LogP contribution in [0.3, 0.4) is 0 Å². The van der Waals surface area contributed by atoms with Crippen molar-refractivity contribution in [1.82, 2.24) is 5.32 Å². The standard InChI is InChI=1S/C82H101NO9/c1-49-55-17-16-51(34-55)32-50-10-8-11-52(33-50)41-76-31-30-74-27-19-56(49)35-61-42-80(88)68(75(47-85,82(61,74)90)46-78(71(74)92-76)65-38-59-36-57(53-12-4-3-5-13-53)20-26-73(59,78)28-21-64(65)76)22-29-77-45-72(23-6-7-24-72)25-18-54-14-9-15-58(44-84)62(54)39-67(83-2)63-37-60(43-81(77,80)89)79(77,48-86)66-40-69(87)91-70(63)66/h3-5,8-15,33,40,47,49,51,55-57,59-61,63-65,67-68,70-71,83-84,86,88-90H,6-7,16-17,19-24,26-32,34-39,41-46,48H2,1-2H3/t49-,51-,55+,56-,57-,59+,60+,61-,63-,64-,65+,67+,68-,70+,71-,73+,74+,75+,76-,77+,78+,79-,80+,81-,82+/m1/s1. The lowest BCUT2D eigenvalue weighted by Crippen LogP contribution is -2.89. The third kappa shape index (κ3) is 6.91. The second-order valence-corrected chi connectivity index (χ2v) is 35.5. The topological polar surface area (TPSA) is 166 Å². The predicted octanol–water partition coefficient (Wildman–Crippen LogP) is 12.2. The van der Waals surface area contributed by atoms with E-state index in [-0.39, 0.29) is 73.2 Å². The molecule has 4 heterocycles. The Bertz CT molecular complexity index is 3660. The molecule has 0 amide bonds. The number of nitrogens with one attached hydrogen (secondary N) is 1. The largest absolute Gasteiger partial charge is 0.454 e. The number of carbonyl (C=O) groups excluding carboxylic acids is 2. The molecule has 16 bridgehead atoms. The van der Waals surface area contributed by atoms with Gasteiger partial charge in [0.05, 0.1) is 41.5 Å². The molecule has 0 unspecified atom stereocenters. The number of hydrogen-bond donors (Lipinski definition) is 6. The van der Waals surface area contributed by atoms with Crippen LogP contribution in [-0.2, 0) is 44.9 Å². The minimum atomic E-state index is -1.89. The molecule has 3 aromatic rings. The van der Waals surface area contributed by atoms with Crippen molar-refractivity contribution in [2.75, 3.05) is 13.7 Å². The zero-order chi connectivity index (χ0) is 62.4. The maximum atomic E-state index is 16.6. The van der Waals surface area contributed by atoms with Gasteiger partial charge in [0.2, 0.25) is 0 Å². The molecule has 13 fully saturated rings. The van der Waals surface area contributed by atoms with Gasteiger partial charge >= 0.3 is 5.97 Å². The molecule has 2 saturated heterocycles. The van der Waals surface area contributed by atoms with E-state index in [1.165, 1.54) is 42.2 Å². The minimum absolute atomic E-state index is 0.130. The molecular weight excluding hydrogens is 1140 g/mol. The fourth-order valence-electron chi connectivity index (χ4n) is 30.6. The van der Waals surface area contributed by atoms with E-state index in [9.17, 15) is 15.0 Å². The number of rotatable bonds is 5. The molecule has 11 saturated carbocycles. The predicted molar refractivity (Wildman–Crippen MR) is 349 cm³/mol. The van der Waals surface area contributed by atoms with Gasteiger partial charge in [-0.05, 0) is 272 Å². The number of aldehydes is 1. The fraction of sp³-hybridized carbons (Fsp3) is 0.707. The van der Waals surface area contributed by atoms with Crippen LogP contribution >= 0.6 is 0 Å². The monoisotopic (exact) mass is 1240 g/mol. The summed E-state index contributed by atoms with van der Waals surface area (Å²) in [5.74, 6) is 8.53. The van der Waals surface area contributed by atoms with Crippen molar-refractivity contribution in [3.63, 3.8) is 0 Å². The van der Waals surface area contributed by atoms with Crippen molar-refractivity contribution in [3.8, 4) is 11.8 Å². The van der Waals surface area contributed by atoms with Crippen molar-refractivity contribution in [1.29, 1.82) is 0 Å². The van der Waals surface area contributed by atoms with Gasteiger partial charge in [-0.3, -0.25) is 0 Å². The molecule has 18 aliphatic rings. The average molecular weight is 1240 g/mol. The summed E-state index contributed by atoms with van der Waals surface area (Å²) in [5.41, 5.74) is -3.80. The lowest BCUT2D eigenvalue weighted by Gasteiger charge is -2.83. The van der Waals surface area contributed by atoms with Gasteiger partial charge in [0.15, 0.2) is 0 Å². The minimum Gasteiger partial charge on any atom is -0.454 e. The molecule has 0 radical (unpaired) electrons. The van der Waals surface area contributed by atoms with E-state index in [0.717, 1.165) is 125 Å².